The number of furan rings is 1. The average molecular weight is 575 g/mol. The van der Waals surface area contributed by atoms with E-state index in [-0.39, 0.29) is 17.0 Å². The Balaban J connectivity index is 1.49. The maximum Gasteiger partial charge on any atom is 0.216 e. The first kappa shape index (κ1) is 26.8. The second-order valence-electron chi connectivity index (χ2n) is 13.2. The normalized spacial score (nSPS) is 14.0. The molecule has 1 aliphatic heterocycles. The molecule has 0 unspecified atom stereocenters. The molecule has 5 heteroatoms. The van der Waals surface area contributed by atoms with Crippen molar-refractivity contribution in [3.05, 3.63) is 102 Å². The lowest BCUT2D eigenvalue weighted by atomic mass is 9.86. The van der Waals surface area contributed by atoms with Crippen LogP contribution >= 0.6 is 0 Å². The van der Waals surface area contributed by atoms with Crippen LogP contribution in [0, 0.1) is 18.6 Å². The molecule has 0 radical (unpaired) electrons. The van der Waals surface area contributed by atoms with Crippen molar-refractivity contribution in [1.29, 1.82) is 0 Å². The number of hydrogen-bond acceptors (Lipinski definition) is 1. The Morgan fingerprint density at radius 2 is 1.40 bits per heavy atom. The Morgan fingerprint density at radius 3 is 2.14 bits per heavy atom. The SMILES string of the molecule is Cc1ccc2c(oc3c(-c4ccc5c(c4)[Si](C)(C)c4ccccc4-5)c(F)ccc32)c1-c1cc(C(C)(C)C)c(F)c[n+]1C. The number of aryl methyl sites for hydroxylation is 2. The van der Waals surface area contributed by atoms with Gasteiger partial charge in [-0.2, -0.15) is 4.57 Å². The van der Waals surface area contributed by atoms with Crippen molar-refractivity contribution >= 4 is 40.4 Å². The van der Waals surface area contributed by atoms with Gasteiger partial charge in [-0.25, -0.2) is 8.78 Å². The van der Waals surface area contributed by atoms with Crippen LogP contribution in [0.2, 0.25) is 13.1 Å². The molecule has 4 aromatic carbocycles. The summed E-state index contributed by atoms with van der Waals surface area (Å²) in [6.07, 6.45) is 1.54. The van der Waals surface area contributed by atoms with Crippen molar-refractivity contribution in [2.75, 3.05) is 0 Å². The standard InChI is InChI=1S/C37H34F2NOSi/c1-21-12-14-25-26-16-17-28(38)34(22-13-15-24-23-10-8-9-11-31(23)42(6,7)32(24)18-22)36(26)41-35(25)33(21)30-19-27(37(2,3)4)29(39)20-40(30)5/h8-20H,1-7H3/q+1. The minimum Gasteiger partial charge on any atom is -0.454 e. The van der Waals surface area contributed by atoms with Gasteiger partial charge in [0, 0.05) is 22.4 Å². The molecule has 7 rings (SSSR count). The third-order valence-electron chi connectivity index (χ3n) is 9.13. The van der Waals surface area contributed by atoms with Gasteiger partial charge in [-0.05, 0) is 57.1 Å². The topological polar surface area (TPSA) is 17.0 Å². The van der Waals surface area contributed by atoms with Crippen molar-refractivity contribution in [2.45, 2.75) is 46.2 Å². The highest BCUT2D eigenvalue weighted by Crippen LogP contribution is 2.43. The van der Waals surface area contributed by atoms with E-state index in [2.05, 4.69) is 55.6 Å². The Hall–Kier alpha value is -4.09. The van der Waals surface area contributed by atoms with Crippen LogP contribution in [0.5, 0.6) is 0 Å². The fourth-order valence-electron chi connectivity index (χ4n) is 6.86. The van der Waals surface area contributed by atoms with E-state index in [4.69, 9.17) is 4.42 Å². The van der Waals surface area contributed by atoms with E-state index in [1.54, 1.807) is 6.07 Å². The Labute approximate surface area is 246 Å². The number of halogens is 2. The van der Waals surface area contributed by atoms with Gasteiger partial charge >= 0.3 is 0 Å². The highest BCUT2D eigenvalue weighted by molar-refractivity contribution is 7.03. The van der Waals surface area contributed by atoms with Gasteiger partial charge in [-0.3, -0.25) is 0 Å². The quantitative estimate of drug-likeness (QED) is 0.150. The van der Waals surface area contributed by atoms with Gasteiger partial charge in [0.15, 0.2) is 5.82 Å². The molecule has 0 N–H and O–H groups in total. The molecule has 0 aliphatic carbocycles. The number of benzene rings is 4. The van der Waals surface area contributed by atoms with Crippen LogP contribution in [0.3, 0.4) is 0 Å². The summed E-state index contributed by atoms with van der Waals surface area (Å²) in [7, 11) is -0.0891. The largest absolute Gasteiger partial charge is 0.454 e. The van der Waals surface area contributed by atoms with Gasteiger partial charge in [0.1, 0.15) is 32.1 Å². The summed E-state index contributed by atoms with van der Waals surface area (Å²) < 4.78 is 39.4. The molecule has 0 saturated heterocycles. The Bertz CT molecular complexity index is 2100. The highest BCUT2D eigenvalue weighted by Gasteiger charge is 2.37. The monoisotopic (exact) mass is 574 g/mol. The van der Waals surface area contributed by atoms with E-state index in [9.17, 15) is 0 Å². The molecule has 0 spiro atoms. The number of hydrogen-bond donors (Lipinski definition) is 0. The van der Waals surface area contributed by atoms with Crippen LogP contribution in [-0.2, 0) is 12.5 Å². The first-order valence-corrected chi connectivity index (χ1v) is 17.5. The summed E-state index contributed by atoms with van der Waals surface area (Å²) >= 11 is 0. The van der Waals surface area contributed by atoms with Crippen LogP contribution in [-0.4, -0.2) is 8.07 Å². The van der Waals surface area contributed by atoms with Crippen LogP contribution in [0.4, 0.5) is 8.78 Å². The first-order valence-electron chi connectivity index (χ1n) is 14.5. The lowest BCUT2D eigenvalue weighted by Crippen LogP contribution is -2.49. The van der Waals surface area contributed by atoms with Crippen LogP contribution in [0.15, 0.2) is 83.4 Å². The van der Waals surface area contributed by atoms with Crippen LogP contribution < -0.4 is 14.9 Å². The van der Waals surface area contributed by atoms with E-state index >= 15 is 8.78 Å². The third-order valence-corrected chi connectivity index (χ3v) is 12.7. The molecular weight excluding hydrogens is 540 g/mol. The molecule has 210 valence electrons. The summed E-state index contributed by atoms with van der Waals surface area (Å²) in [5, 5.41) is 4.51. The van der Waals surface area contributed by atoms with E-state index in [0.29, 0.717) is 22.3 Å². The molecule has 42 heavy (non-hydrogen) atoms. The lowest BCUT2D eigenvalue weighted by Gasteiger charge is -2.19. The lowest BCUT2D eigenvalue weighted by molar-refractivity contribution is -0.662. The zero-order valence-corrected chi connectivity index (χ0v) is 26.1. The van der Waals surface area contributed by atoms with Crippen molar-refractivity contribution in [2.24, 2.45) is 7.05 Å². The van der Waals surface area contributed by atoms with Gasteiger partial charge < -0.3 is 4.42 Å². The number of nitrogens with zero attached hydrogens (tertiary/aromatic N) is 1. The van der Waals surface area contributed by atoms with E-state index in [1.807, 2.05) is 63.6 Å². The predicted molar refractivity (Wildman–Crippen MR) is 171 cm³/mol. The average Bonchev–Trinajstić information content (AvgIpc) is 3.41. The van der Waals surface area contributed by atoms with Gasteiger partial charge in [-0.1, -0.05) is 88.5 Å². The van der Waals surface area contributed by atoms with E-state index in [1.165, 1.54) is 27.7 Å². The zero-order valence-electron chi connectivity index (χ0n) is 25.1. The second-order valence-corrected chi connectivity index (χ2v) is 17.6. The maximum absolute atomic E-state index is 15.8. The molecule has 1 aliphatic rings. The summed E-state index contributed by atoms with van der Waals surface area (Å²) in [5.41, 5.74) is 8.08. The smallest absolute Gasteiger partial charge is 0.216 e. The Kier molecular flexibility index (Phi) is 5.71. The minimum atomic E-state index is -1.94. The molecular formula is C37H34F2NOSi+. The molecule has 0 atom stereocenters. The fraction of sp³-hybridized carbons (Fsp3) is 0.216. The van der Waals surface area contributed by atoms with Crippen molar-refractivity contribution < 1.29 is 17.8 Å². The number of aromatic nitrogens is 1. The summed E-state index contributed by atoms with van der Waals surface area (Å²) in [4.78, 5) is 0. The van der Waals surface area contributed by atoms with Gasteiger partial charge in [-0.15, -0.1) is 0 Å². The minimum absolute atomic E-state index is 0.238. The summed E-state index contributed by atoms with van der Waals surface area (Å²) in [6, 6.07) is 24.4. The van der Waals surface area contributed by atoms with Crippen LogP contribution in [0.1, 0.15) is 31.9 Å². The molecule has 0 bridgehead atoms. The number of fused-ring (bicyclic) bond motifs is 6. The van der Waals surface area contributed by atoms with Gasteiger partial charge in [0.05, 0.1) is 11.1 Å². The first-order chi connectivity index (χ1) is 19.9. The van der Waals surface area contributed by atoms with E-state index < -0.39 is 8.07 Å². The molecule has 0 fully saturated rings. The molecule has 6 aromatic rings. The third kappa shape index (κ3) is 3.76. The van der Waals surface area contributed by atoms with Gasteiger partial charge in [0.2, 0.25) is 11.9 Å². The highest BCUT2D eigenvalue weighted by atomic mass is 28.3. The second kappa shape index (κ2) is 8.95. The summed E-state index contributed by atoms with van der Waals surface area (Å²) in [5.74, 6) is -0.546. The predicted octanol–water partition coefficient (Wildman–Crippen LogP) is 8.43. The van der Waals surface area contributed by atoms with Gasteiger partial charge in [0.25, 0.3) is 0 Å². The molecule has 0 amide bonds. The zero-order chi connectivity index (χ0) is 29.7. The maximum atomic E-state index is 15.8. The van der Waals surface area contributed by atoms with Crippen LogP contribution in [0.25, 0.3) is 55.4 Å². The van der Waals surface area contributed by atoms with E-state index in [0.717, 1.165) is 33.2 Å². The van der Waals surface area contributed by atoms with Crippen molar-refractivity contribution in [3.8, 4) is 33.5 Å². The fourth-order valence-corrected chi connectivity index (χ4v) is 9.97. The molecule has 3 heterocycles. The summed E-state index contributed by atoms with van der Waals surface area (Å²) in [6.45, 7) is 12.8. The number of rotatable bonds is 2. The number of pyridine rings is 1. The van der Waals surface area contributed by atoms with Crippen molar-refractivity contribution in [3.63, 3.8) is 0 Å². The molecule has 2 aromatic heterocycles. The van der Waals surface area contributed by atoms with Crippen molar-refractivity contribution in [1.82, 2.24) is 0 Å². The molecule has 2 nitrogen and oxygen atoms in total. The molecule has 0 saturated carbocycles. The Morgan fingerprint density at radius 1 is 0.738 bits per heavy atom.